The largest absolute Gasteiger partial charge is 0.351 e. The smallest absolute Gasteiger partial charge is 0.252 e. The van der Waals surface area contributed by atoms with E-state index in [2.05, 4.69) is 34.2 Å². The third-order valence-corrected chi connectivity index (χ3v) is 5.58. The molecule has 1 aromatic rings. The van der Waals surface area contributed by atoms with Crippen LogP contribution in [0.15, 0.2) is 18.2 Å². The Morgan fingerprint density at radius 1 is 1.59 bits per heavy atom. The maximum atomic E-state index is 12.0. The highest BCUT2D eigenvalue weighted by Crippen LogP contribution is 2.46. The second-order valence-corrected chi connectivity index (χ2v) is 7.07. The van der Waals surface area contributed by atoms with Crippen molar-refractivity contribution in [2.75, 3.05) is 12.8 Å². The van der Waals surface area contributed by atoms with Crippen molar-refractivity contribution in [3.05, 3.63) is 32.4 Å². The van der Waals surface area contributed by atoms with E-state index in [9.17, 15) is 4.79 Å². The molecule has 1 N–H and O–H groups in total. The van der Waals surface area contributed by atoms with Crippen LogP contribution in [0.5, 0.6) is 0 Å². The zero-order valence-corrected chi connectivity index (χ0v) is 13.2. The Hall–Kier alpha value is 0.0600. The van der Waals surface area contributed by atoms with Crippen molar-refractivity contribution in [3.8, 4) is 0 Å². The topological polar surface area (TPSA) is 29.1 Å². The Bertz CT molecular complexity index is 448. The fourth-order valence-electron chi connectivity index (χ4n) is 1.60. The first-order valence-electron chi connectivity index (χ1n) is 5.35. The lowest BCUT2D eigenvalue weighted by Gasteiger charge is -2.13. The van der Waals surface area contributed by atoms with E-state index in [1.165, 1.54) is 12.8 Å². The summed E-state index contributed by atoms with van der Waals surface area (Å²) in [7, 11) is 0. The van der Waals surface area contributed by atoms with Gasteiger partial charge in [-0.3, -0.25) is 4.79 Å². The highest BCUT2D eigenvalue weighted by Gasteiger charge is 2.41. The zero-order chi connectivity index (χ0) is 12.5. The second-order valence-electron chi connectivity index (χ2n) is 4.19. The van der Waals surface area contributed by atoms with Crippen LogP contribution in [0.2, 0.25) is 5.02 Å². The number of carbonyl (C=O) groups is 1. The van der Waals surface area contributed by atoms with E-state index in [4.69, 9.17) is 11.6 Å². The summed E-state index contributed by atoms with van der Waals surface area (Å²) in [6, 6.07) is 5.38. The van der Waals surface area contributed by atoms with Crippen LogP contribution in [0.1, 0.15) is 23.2 Å². The number of rotatable bonds is 4. The lowest BCUT2D eigenvalue weighted by Crippen LogP contribution is -2.32. The van der Waals surface area contributed by atoms with Gasteiger partial charge in [0.2, 0.25) is 0 Å². The van der Waals surface area contributed by atoms with Gasteiger partial charge in [0, 0.05) is 19.9 Å². The lowest BCUT2D eigenvalue weighted by atomic mass is 10.2. The molecule has 1 aromatic carbocycles. The SMILES string of the molecule is CSC1(CNC(=O)c2cc(Cl)ccc2I)CC1. The Morgan fingerprint density at radius 3 is 2.88 bits per heavy atom. The number of hydrogen-bond donors (Lipinski definition) is 1. The molecule has 0 aliphatic heterocycles. The van der Waals surface area contributed by atoms with E-state index >= 15 is 0 Å². The van der Waals surface area contributed by atoms with E-state index in [1.807, 2.05) is 17.8 Å². The van der Waals surface area contributed by atoms with E-state index in [0.29, 0.717) is 15.3 Å². The number of amides is 1. The summed E-state index contributed by atoms with van der Waals surface area (Å²) in [4.78, 5) is 12.0. The minimum absolute atomic E-state index is 0.0303. The van der Waals surface area contributed by atoms with E-state index in [-0.39, 0.29) is 5.91 Å². The first kappa shape index (κ1) is 13.5. The molecule has 0 atom stereocenters. The summed E-state index contributed by atoms with van der Waals surface area (Å²) in [5.41, 5.74) is 0.662. The molecule has 0 unspecified atom stereocenters. The average molecular weight is 382 g/mol. The van der Waals surface area contributed by atoms with Gasteiger partial charge in [0.15, 0.2) is 0 Å². The van der Waals surface area contributed by atoms with Gasteiger partial charge < -0.3 is 5.32 Å². The van der Waals surface area contributed by atoms with Crippen LogP contribution < -0.4 is 5.32 Å². The first-order valence-corrected chi connectivity index (χ1v) is 8.03. The minimum atomic E-state index is -0.0303. The van der Waals surface area contributed by atoms with Gasteiger partial charge in [0.1, 0.15) is 0 Å². The van der Waals surface area contributed by atoms with Crippen LogP contribution in [0, 0.1) is 3.57 Å². The quantitative estimate of drug-likeness (QED) is 0.808. The van der Waals surface area contributed by atoms with Crippen molar-refractivity contribution in [1.82, 2.24) is 5.32 Å². The Kier molecular flexibility index (Phi) is 4.26. The predicted molar refractivity (Wildman–Crippen MR) is 82.0 cm³/mol. The molecule has 5 heteroatoms. The molecule has 0 spiro atoms. The number of thioether (sulfide) groups is 1. The van der Waals surface area contributed by atoms with Crippen molar-refractivity contribution < 1.29 is 4.79 Å². The van der Waals surface area contributed by atoms with Crippen LogP contribution in [-0.4, -0.2) is 23.5 Å². The molecule has 0 aromatic heterocycles. The van der Waals surface area contributed by atoms with Crippen molar-refractivity contribution in [1.29, 1.82) is 0 Å². The van der Waals surface area contributed by atoms with Gasteiger partial charge in [0.25, 0.3) is 5.91 Å². The molecule has 2 rings (SSSR count). The Morgan fingerprint density at radius 2 is 2.29 bits per heavy atom. The minimum Gasteiger partial charge on any atom is -0.351 e. The van der Waals surface area contributed by atoms with Gasteiger partial charge in [0.05, 0.1) is 5.56 Å². The summed E-state index contributed by atoms with van der Waals surface area (Å²) in [6.45, 7) is 0.746. The molecule has 1 saturated carbocycles. The molecule has 0 heterocycles. The molecule has 2 nitrogen and oxygen atoms in total. The van der Waals surface area contributed by atoms with Gasteiger partial charge in [-0.25, -0.2) is 0 Å². The first-order chi connectivity index (χ1) is 8.06. The van der Waals surface area contributed by atoms with Crippen molar-refractivity contribution in [3.63, 3.8) is 0 Å². The Balaban J connectivity index is 2.02. The van der Waals surface area contributed by atoms with Crippen molar-refractivity contribution in [2.45, 2.75) is 17.6 Å². The molecule has 1 fully saturated rings. The molecule has 0 saturated heterocycles. The maximum absolute atomic E-state index is 12.0. The molecule has 0 radical (unpaired) electrons. The molecular formula is C12H13ClINOS. The standard InChI is InChI=1S/C12H13ClINOS/c1-17-12(4-5-12)7-15-11(16)9-6-8(13)2-3-10(9)14/h2-3,6H,4-5,7H2,1H3,(H,15,16). The van der Waals surface area contributed by atoms with Gasteiger partial charge in [-0.05, 0) is 59.9 Å². The number of nitrogens with one attached hydrogen (secondary N) is 1. The molecule has 1 aliphatic carbocycles. The molecule has 1 amide bonds. The zero-order valence-electron chi connectivity index (χ0n) is 9.43. The second kappa shape index (κ2) is 5.36. The number of benzene rings is 1. The fraction of sp³-hybridized carbons (Fsp3) is 0.417. The summed E-state index contributed by atoms with van der Waals surface area (Å²) in [5, 5.41) is 3.60. The molecule has 17 heavy (non-hydrogen) atoms. The third kappa shape index (κ3) is 3.29. The molecular weight excluding hydrogens is 369 g/mol. The lowest BCUT2D eigenvalue weighted by molar-refractivity contribution is 0.0952. The van der Waals surface area contributed by atoms with E-state index in [0.717, 1.165) is 10.1 Å². The highest BCUT2D eigenvalue weighted by molar-refractivity contribution is 14.1. The van der Waals surface area contributed by atoms with Crippen molar-refractivity contribution >= 4 is 51.9 Å². The molecule has 92 valence electrons. The summed E-state index contributed by atoms with van der Waals surface area (Å²) < 4.78 is 1.22. The Labute approximate surface area is 124 Å². The van der Waals surface area contributed by atoms with E-state index in [1.54, 1.807) is 12.1 Å². The summed E-state index contributed by atoms with van der Waals surface area (Å²) >= 11 is 9.90. The third-order valence-electron chi connectivity index (χ3n) is 2.98. The molecule has 1 aliphatic rings. The number of hydrogen-bond acceptors (Lipinski definition) is 2. The summed E-state index contributed by atoms with van der Waals surface area (Å²) in [6.07, 6.45) is 4.49. The van der Waals surface area contributed by atoms with Gasteiger partial charge >= 0.3 is 0 Å². The van der Waals surface area contributed by atoms with Crippen LogP contribution in [0.4, 0.5) is 0 Å². The summed E-state index contributed by atoms with van der Waals surface area (Å²) in [5.74, 6) is -0.0303. The van der Waals surface area contributed by atoms with Crippen LogP contribution in [0.25, 0.3) is 0 Å². The van der Waals surface area contributed by atoms with E-state index < -0.39 is 0 Å². The number of carbonyl (C=O) groups excluding carboxylic acids is 1. The highest BCUT2D eigenvalue weighted by atomic mass is 127. The number of halogens is 2. The average Bonchev–Trinajstić information content (AvgIpc) is 3.10. The molecule has 0 bridgehead atoms. The van der Waals surface area contributed by atoms with Crippen LogP contribution >= 0.6 is 46.0 Å². The van der Waals surface area contributed by atoms with Gasteiger partial charge in [-0.2, -0.15) is 11.8 Å². The van der Waals surface area contributed by atoms with Gasteiger partial charge in [-0.1, -0.05) is 11.6 Å². The predicted octanol–water partition coefficient (Wildman–Crippen LogP) is 3.57. The van der Waals surface area contributed by atoms with Crippen LogP contribution in [0.3, 0.4) is 0 Å². The normalized spacial score (nSPS) is 16.6. The monoisotopic (exact) mass is 381 g/mol. The fourth-order valence-corrected chi connectivity index (χ4v) is 3.08. The van der Waals surface area contributed by atoms with Gasteiger partial charge in [-0.15, -0.1) is 0 Å². The van der Waals surface area contributed by atoms with Crippen molar-refractivity contribution in [2.24, 2.45) is 0 Å². The van der Waals surface area contributed by atoms with Crippen LogP contribution in [-0.2, 0) is 0 Å². The maximum Gasteiger partial charge on any atom is 0.252 e.